The van der Waals surface area contributed by atoms with Crippen LogP contribution in [-0.4, -0.2) is 63.5 Å². The average Bonchev–Trinajstić information content (AvgIpc) is 3.01. The van der Waals surface area contributed by atoms with E-state index in [9.17, 15) is 0 Å². The Morgan fingerprint density at radius 2 is 1.73 bits per heavy atom. The van der Waals surface area contributed by atoms with Gasteiger partial charge in [0.15, 0.2) is 11.5 Å². The lowest BCUT2D eigenvalue weighted by Gasteiger charge is -2.23. The van der Waals surface area contributed by atoms with E-state index in [1.165, 1.54) is 0 Å². The molecule has 0 unspecified atom stereocenters. The largest absolute Gasteiger partial charge is 0.438 e. The van der Waals surface area contributed by atoms with Crippen molar-refractivity contribution < 1.29 is 13.9 Å². The topological polar surface area (TPSA) is 34.8 Å². The molecule has 0 aliphatic rings. The minimum absolute atomic E-state index is 0.784. The molecule has 0 aliphatic carbocycles. The number of hydrogen-bond acceptors (Lipinski definition) is 8. The van der Waals surface area contributed by atoms with E-state index in [2.05, 4.69) is 20.8 Å². The number of fused-ring (bicyclic) bond motifs is 1. The molecule has 0 amide bonds. The van der Waals surface area contributed by atoms with Crippen LogP contribution in [0.4, 0.5) is 5.88 Å². The SMILES string of the molecule is COCCSCCN(CCSCCOC)c1cc(=S)c2scc(Br)c2o1. The van der Waals surface area contributed by atoms with E-state index in [0.717, 1.165) is 74.5 Å². The summed E-state index contributed by atoms with van der Waals surface area (Å²) >= 11 is 14.5. The van der Waals surface area contributed by atoms with E-state index in [1.807, 2.05) is 35.0 Å². The number of nitrogens with zero attached hydrogens (tertiary/aromatic N) is 1. The molecule has 4 nitrogen and oxygen atoms in total. The Morgan fingerprint density at radius 3 is 2.31 bits per heavy atom. The van der Waals surface area contributed by atoms with Gasteiger partial charge in [-0.1, -0.05) is 12.2 Å². The van der Waals surface area contributed by atoms with Gasteiger partial charge in [0.2, 0.25) is 0 Å². The van der Waals surface area contributed by atoms with Gasteiger partial charge in [-0.05, 0) is 15.9 Å². The summed E-state index contributed by atoms with van der Waals surface area (Å²) in [5.74, 6) is 4.91. The summed E-state index contributed by atoms with van der Waals surface area (Å²) in [5, 5.41) is 2.03. The number of ether oxygens (including phenoxy) is 2. The van der Waals surface area contributed by atoms with Crippen molar-refractivity contribution in [1.29, 1.82) is 0 Å². The molecule has 0 fully saturated rings. The van der Waals surface area contributed by atoms with Crippen LogP contribution in [0.1, 0.15) is 0 Å². The Hall–Kier alpha value is 0.230. The van der Waals surface area contributed by atoms with Crippen molar-refractivity contribution in [1.82, 2.24) is 0 Å². The first-order valence-electron chi connectivity index (χ1n) is 8.26. The summed E-state index contributed by atoms with van der Waals surface area (Å²) in [4.78, 5) is 2.29. The maximum atomic E-state index is 6.19. The molecule has 146 valence electrons. The molecule has 0 aromatic carbocycles. The van der Waals surface area contributed by atoms with Crippen molar-refractivity contribution >= 4 is 79.2 Å². The van der Waals surface area contributed by atoms with Gasteiger partial charge in [0.25, 0.3) is 0 Å². The molecule has 0 spiro atoms. The van der Waals surface area contributed by atoms with Crippen LogP contribution in [0.3, 0.4) is 0 Å². The monoisotopic (exact) mass is 497 g/mol. The average molecular weight is 499 g/mol. The van der Waals surface area contributed by atoms with Crippen molar-refractivity contribution in [2.24, 2.45) is 0 Å². The number of halogens is 1. The highest BCUT2D eigenvalue weighted by Gasteiger charge is 2.14. The van der Waals surface area contributed by atoms with Gasteiger partial charge in [0.1, 0.15) is 0 Å². The Labute approximate surface area is 181 Å². The quantitative estimate of drug-likeness (QED) is 0.265. The van der Waals surface area contributed by atoms with Crippen LogP contribution < -0.4 is 4.90 Å². The molecule has 2 aromatic rings. The Bertz CT molecular complexity index is 708. The first-order chi connectivity index (χ1) is 12.7. The van der Waals surface area contributed by atoms with E-state index >= 15 is 0 Å². The third-order valence-corrected chi connectivity index (χ3v) is 7.77. The lowest BCUT2D eigenvalue weighted by Crippen LogP contribution is -2.28. The fourth-order valence-electron chi connectivity index (χ4n) is 2.23. The number of rotatable bonds is 13. The number of anilines is 1. The zero-order chi connectivity index (χ0) is 18.8. The number of methoxy groups -OCH3 is 2. The standard InChI is InChI=1S/C17H24BrNO3S4/c1-20-5-9-24-7-3-19(4-8-25-10-6-21-2)15-11-14(23)17-16(22-15)13(18)12-26-17/h11-12H,3-10H2,1-2H3. The molecule has 26 heavy (non-hydrogen) atoms. The maximum Gasteiger partial charge on any atom is 0.197 e. The van der Waals surface area contributed by atoms with Crippen molar-refractivity contribution in [3.63, 3.8) is 0 Å². The molecule has 0 bridgehead atoms. The molecular weight excluding hydrogens is 474 g/mol. The first kappa shape index (κ1) is 22.5. The molecule has 9 heteroatoms. The predicted molar refractivity (Wildman–Crippen MR) is 123 cm³/mol. The van der Waals surface area contributed by atoms with Gasteiger partial charge >= 0.3 is 0 Å². The zero-order valence-corrected chi connectivity index (χ0v) is 19.8. The van der Waals surface area contributed by atoms with Gasteiger partial charge in [0.05, 0.1) is 26.9 Å². The molecule has 0 saturated carbocycles. The Balaban J connectivity index is 2.05. The van der Waals surface area contributed by atoms with Crippen molar-refractivity contribution in [2.75, 3.05) is 68.4 Å². The van der Waals surface area contributed by atoms with E-state index in [0.29, 0.717) is 0 Å². The minimum atomic E-state index is 0.784. The second-order valence-corrected chi connectivity index (χ2v) is 10.0. The fraction of sp³-hybridized carbons (Fsp3) is 0.588. The van der Waals surface area contributed by atoms with Crippen LogP contribution in [0.25, 0.3) is 10.3 Å². The minimum Gasteiger partial charge on any atom is -0.438 e. The lowest BCUT2D eigenvalue weighted by molar-refractivity contribution is 0.218. The van der Waals surface area contributed by atoms with Gasteiger partial charge < -0.3 is 18.8 Å². The second kappa shape index (κ2) is 12.6. The van der Waals surface area contributed by atoms with Crippen LogP contribution in [0.5, 0.6) is 0 Å². The van der Waals surface area contributed by atoms with Crippen LogP contribution in [0.2, 0.25) is 0 Å². The van der Waals surface area contributed by atoms with Crippen molar-refractivity contribution in [3.05, 3.63) is 20.4 Å². The van der Waals surface area contributed by atoms with Gasteiger partial charge in [-0.2, -0.15) is 23.5 Å². The molecule has 0 atom stereocenters. The Morgan fingerprint density at radius 1 is 1.12 bits per heavy atom. The highest BCUT2D eigenvalue weighted by atomic mass is 79.9. The highest BCUT2D eigenvalue weighted by molar-refractivity contribution is 9.10. The molecule has 0 aliphatic heterocycles. The van der Waals surface area contributed by atoms with Gasteiger partial charge in [-0.25, -0.2) is 0 Å². The third kappa shape index (κ3) is 7.00. The normalized spacial score (nSPS) is 11.3. The summed E-state index contributed by atoms with van der Waals surface area (Å²) in [6, 6.07) is 1.99. The molecule has 0 radical (unpaired) electrons. The molecule has 2 aromatic heterocycles. The number of thioether (sulfide) groups is 2. The summed E-state index contributed by atoms with van der Waals surface area (Å²) in [6.45, 7) is 3.41. The lowest BCUT2D eigenvalue weighted by atomic mass is 10.4. The number of thiophene rings is 1. The summed E-state index contributed by atoms with van der Waals surface area (Å²) in [7, 11) is 3.48. The smallest absolute Gasteiger partial charge is 0.197 e. The van der Waals surface area contributed by atoms with Gasteiger partial charge in [-0.15, -0.1) is 11.3 Å². The van der Waals surface area contributed by atoms with Gasteiger partial charge in [-0.3, -0.25) is 0 Å². The molecule has 0 saturated heterocycles. The molecule has 2 rings (SSSR count). The summed E-state index contributed by atoms with van der Waals surface area (Å²) in [5.41, 5.74) is 0.849. The van der Waals surface area contributed by atoms with Crippen molar-refractivity contribution in [2.45, 2.75) is 0 Å². The maximum absolute atomic E-state index is 6.19. The first-order valence-corrected chi connectivity index (χ1v) is 12.7. The van der Waals surface area contributed by atoms with Crippen LogP contribution in [0, 0.1) is 4.51 Å². The van der Waals surface area contributed by atoms with Crippen LogP contribution in [0.15, 0.2) is 20.3 Å². The summed E-state index contributed by atoms with van der Waals surface area (Å²) < 4.78 is 19.3. The second-order valence-electron chi connectivity index (χ2n) is 5.39. The number of hydrogen-bond donors (Lipinski definition) is 0. The van der Waals surface area contributed by atoms with Crippen LogP contribution in [-0.2, 0) is 9.47 Å². The van der Waals surface area contributed by atoms with E-state index in [1.54, 1.807) is 25.6 Å². The van der Waals surface area contributed by atoms with Crippen molar-refractivity contribution in [3.8, 4) is 0 Å². The molecule has 0 N–H and O–H groups in total. The molecular formula is C17H24BrNO3S4. The van der Waals surface area contributed by atoms with E-state index < -0.39 is 0 Å². The van der Waals surface area contributed by atoms with E-state index in [4.69, 9.17) is 26.1 Å². The zero-order valence-electron chi connectivity index (χ0n) is 15.0. The summed E-state index contributed by atoms with van der Waals surface area (Å²) in [6.07, 6.45) is 0. The Kier molecular flexibility index (Phi) is 10.9. The third-order valence-electron chi connectivity index (χ3n) is 3.57. The van der Waals surface area contributed by atoms with Gasteiger partial charge in [0, 0.05) is 61.8 Å². The highest BCUT2D eigenvalue weighted by Crippen LogP contribution is 2.34. The van der Waals surface area contributed by atoms with E-state index in [-0.39, 0.29) is 0 Å². The molecule has 2 heterocycles. The van der Waals surface area contributed by atoms with Crippen LogP contribution >= 0.6 is 63.0 Å². The predicted octanol–water partition coefficient (Wildman–Crippen LogP) is 5.55. The fourth-order valence-corrected chi connectivity index (χ4v) is 5.70.